The highest BCUT2D eigenvalue weighted by Gasteiger charge is 2.52. The predicted molar refractivity (Wildman–Crippen MR) is 42.9 cm³/mol. The van der Waals surface area contributed by atoms with Crippen molar-refractivity contribution in [2.75, 3.05) is 13.2 Å². The maximum Gasteiger partial charge on any atom is 0.219 e. The second-order valence-corrected chi connectivity index (χ2v) is 3.01. The Labute approximate surface area is 79.0 Å². The summed E-state index contributed by atoms with van der Waals surface area (Å²) in [5.74, 6) is -2.19. The van der Waals surface area contributed by atoms with E-state index in [4.69, 9.17) is 15.4 Å². The zero-order valence-corrected chi connectivity index (χ0v) is 7.19. The maximum atomic E-state index is 9.39. The minimum Gasteiger partial charge on any atom is -0.391 e. The molecule has 0 saturated carbocycles. The van der Waals surface area contributed by atoms with Gasteiger partial charge < -0.3 is 25.2 Å². The van der Waals surface area contributed by atoms with Crippen LogP contribution in [-0.2, 0) is 4.74 Å². The third-order valence-corrected chi connectivity index (χ3v) is 2.07. The minimum atomic E-state index is -2.19. The number of ether oxygens (including phenoxy) is 1. The van der Waals surface area contributed by atoms with Gasteiger partial charge in [-0.25, -0.2) is 0 Å². The van der Waals surface area contributed by atoms with Crippen molar-refractivity contribution in [3.63, 3.8) is 0 Å². The number of aliphatic hydroxyl groups excluding tert-OH is 3. The summed E-state index contributed by atoms with van der Waals surface area (Å²) in [6.45, 7) is -1.07. The van der Waals surface area contributed by atoms with Crippen molar-refractivity contribution < 1.29 is 25.2 Å². The molecule has 0 aromatic rings. The van der Waals surface area contributed by atoms with E-state index >= 15 is 0 Å². The SMILES string of the molecule is [N-]=[N+]=NC[C@@H]1O[C@](O)(CO)[C@@H](O)[C@H]1O. The number of aliphatic hydroxyl groups is 4. The van der Waals surface area contributed by atoms with Crippen LogP contribution < -0.4 is 0 Å². The molecule has 1 aliphatic rings. The van der Waals surface area contributed by atoms with Crippen LogP contribution in [0.15, 0.2) is 5.11 Å². The highest BCUT2D eigenvalue weighted by Crippen LogP contribution is 2.28. The molecule has 1 saturated heterocycles. The van der Waals surface area contributed by atoms with Crippen LogP contribution in [0.5, 0.6) is 0 Å². The van der Waals surface area contributed by atoms with Crippen LogP contribution >= 0.6 is 0 Å². The number of rotatable bonds is 3. The van der Waals surface area contributed by atoms with Crippen molar-refractivity contribution in [1.82, 2.24) is 0 Å². The average Bonchev–Trinajstić information content (AvgIpc) is 2.41. The summed E-state index contributed by atoms with van der Waals surface area (Å²) in [7, 11) is 0. The van der Waals surface area contributed by atoms with Gasteiger partial charge in [-0.1, -0.05) is 5.11 Å². The fourth-order valence-corrected chi connectivity index (χ4v) is 1.26. The molecule has 4 N–H and O–H groups in total. The molecule has 0 aromatic carbocycles. The smallest absolute Gasteiger partial charge is 0.219 e. The van der Waals surface area contributed by atoms with E-state index < -0.39 is 30.7 Å². The molecule has 0 radical (unpaired) electrons. The van der Waals surface area contributed by atoms with Crippen molar-refractivity contribution in [2.24, 2.45) is 5.11 Å². The molecule has 80 valence electrons. The summed E-state index contributed by atoms with van der Waals surface area (Å²) >= 11 is 0. The van der Waals surface area contributed by atoms with Gasteiger partial charge >= 0.3 is 0 Å². The summed E-state index contributed by atoms with van der Waals surface area (Å²) in [4.78, 5) is 2.44. The average molecular weight is 205 g/mol. The van der Waals surface area contributed by atoms with Crippen LogP contribution in [0.3, 0.4) is 0 Å². The normalized spacial score (nSPS) is 42.1. The van der Waals surface area contributed by atoms with Crippen molar-refractivity contribution >= 4 is 0 Å². The summed E-state index contributed by atoms with van der Waals surface area (Å²) in [5, 5.41) is 39.8. The monoisotopic (exact) mass is 205 g/mol. The van der Waals surface area contributed by atoms with Crippen LogP contribution in [0.2, 0.25) is 0 Å². The van der Waals surface area contributed by atoms with Crippen molar-refractivity contribution in [3.05, 3.63) is 10.4 Å². The highest BCUT2D eigenvalue weighted by molar-refractivity contribution is 4.95. The maximum absolute atomic E-state index is 9.39. The molecule has 0 aliphatic carbocycles. The number of azide groups is 1. The van der Waals surface area contributed by atoms with Gasteiger partial charge in [0.2, 0.25) is 5.79 Å². The molecule has 8 nitrogen and oxygen atoms in total. The van der Waals surface area contributed by atoms with Gasteiger partial charge in [-0.2, -0.15) is 0 Å². The van der Waals surface area contributed by atoms with Gasteiger partial charge in [0.15, 0.2) is 0 Å². The van der Waals surface area contributed by atoms with Gasteiger partial charge in [0.05, 0.1) is 19.3 Å². The van der Waals surface area contributed by atoms with E-state index in [2.05, 4.69) is 10.0 Å². The molecule has 0 amide bonds. The molecule has 1 fully saturated rings. The first-order valence-electron chi connectivity index (χ1n) is 3.93. The molecule has 4 atom stereocenters. The molecule has 0 bridgehead atoms. The van der Waals surface area contributed by atoms with E-state index in [0.29, 0.717) is 0 Å². The number of hydrogen-bond acceptors (Lipinski definition) is 6. The first-order chi connectivity index (χ1) is 6.55. The molecule has 1 heterocycles. The largest absolute Gasteiger partial charge is 0.391 e. The van der Waals surface area contributed by atoms with Gasteiger partial charge in [0, 0.05) is 4.91 Å². The quantitative estimate of drug-likeness (QED) is 0.242. The summed E-state index contributed by atoms with van der Waals surface area (Å²) in [6.07, 6.45) is -4.03. The summed E-state index contributed by atoms with van der Waals surface area (Å²) < 4.78 is 4.77. The van der Waals surface area contributed by atoms with Crippen molar-refractivity contribution in [1.29, 1.82) is 0 Å². The fourth-order valence-electron chi connectivity index (χ4n) is 1.26. The third kappa shape index (κ3) is 1.80. The van der Waals surface area contributed by atoms with Crippen LogP contribution in [0.1, 0.15) is 0 Å². The van der Waals surface area contributed by atoms with Crippen molar-refractivity contribution in [2.45, 2.75) is 24.1 Å². The van der Waals surface area contributed by atoms with Crippen LogP contribution in [0, 0.1) is 0 Å². The van der Waals surface area contributed by atoms with Gasteiger partial charge in [-0.05, 0) is 5.53 Å². The predicted octanol–water partition coefficient (Wildman–Crippen LogP) is -1.90. The number of hydrogen-bond donors (Lipinski definition) is 4. The second kappa shape index (κ2) is 4.09. The molecule has 1 aliphatic heterocycles. The van der Waals surface area contributed by atoms with Crippen molar-refractivity contribution in [3.8, 4) is 0 Å². The third-order valence-electron chi connectivity index (χ3n) is 2.07. The zero-order valence-electron chi connectivity index (χ0n) is 7.19. The van der Waals surface area contributed by atoms with E-state index in [9.17, 15) is 15.3 Å². The zero-order chi connectivity index (χ0) is 10.8. The van der Waals surface area contributed by atoms with Gasteiger partial charge in [-0.15, -0.1) is 0 Å². The van der Waals surface area contributed by atoms with Crippen LogP contribution in [0.4, 0.5) is 0 Å². The lowest BCUT2D eigenvalue weighted by atomic mass is 10.1. The summed E-state index contributed by atoms with van der Waals surface area (Å²) in [6, 6.07) is 0. The first kappa shape index (κ1) is 11.2. The standard InChI is InChI=1S/C6H11N3O5/c7-9-8-1-3-4(11)5(12)6(13,2-10)14-3/h3-5,10-13H,1-2H2/t3-,4-,5-,6+/m0/s1. The Balaban J connectivity index is 2.71. The molecule has 0 spiro atoms. The van der Waals surface area contributed by atoms with Gasteiger partial charge in [0.1, 0.15) is 12.2 Å². The Bertz CT molecular complexity index is 256. The minimum absolute atomic E-state index is 0.225. The topological polar surface area (TPSA) is 139 Å². The Morgan fingerprint density at radius 1 is 1.50 bits per heavy atom. The van der Waals surface area contributed by atoms with E-state index in [1.54, 1.807) is 0 Å². The molecule has 1 rings (SSSR count). The molecule has 8 heteroatoms. The Hall–Kier alpha value is -0.890. The lowest BCUT2D eigenvalue weighted by molar-refractivity contribution is -0.244. The summed E-state index contributed by atoms with van der Waals surface area (Å²) in [5.41, 5.74) is 8.01. The molecule has 14 heavy (non-hydrogen) atoms. The van der Waals surface area contributed by atoms with E-state index in [1.807, 2.05) is 0 Å². The molecular weight excluding hydrogens is 194 g/mol. The second-order valence-electron chi connectivity index (χ2n) is 3.01. The lowest BCUT2D eigenvalue weighted by Gasteiger charge is -2.22. The van der Waals surface area contributed by atoms with Gasteiger partial charge in [0.25, 0.3) is 0 Å². The van der Waals surface area contributed by atoms with E-state index in [1.165, 1.54) is 0 Å². The Kier molecular flexibility index (Phi) is 3.27. The Morgan fingerprint density at radius 2 is 2.14 bits per heavy atom. The molecule has 0 aromatic heterocycles. The van der Waals surface area contributed by atoms with Gasteiger partial charge in [-0.3, -0.25) is 0 Å². The molecular formula is C6H11N3O5. The number of nitrogens with zero attached hydrogens (tertiary/aromatic N) is 3. The molecule has 0 unspecified atom stereocenters. The van der Waals surface area contributed by atoms with E-state index in [-0.39, 0.29) is 6.54 Å². The lowest BCUT2D eigenvalue weighted by Crippen LogP contribution is -2.46. The first-order valence-corrected chi connectivity index (χ1v) is 3.93. The Morgan fingerprint density at radius 3 is 2.57 bits per heavy atom. The highest BCUT2D eigenvalue weighted by atomic mass is 16.7. The van der Waals surface area contributed by atoms with Crippen LogP contribution in [0.25, 0.3) is 10.4 Å². The fraction of sp³-hybridized carbons (Fsp3) is 1.00. The van der Waals surface area contributed by atoms with E-state index in [0.717, 1.165) is 0 Å². The van der Waals surface area contributed by atoms with Crippen LogP contribution in [-0.4, -0.2) is 57.7 Å².